The smallest absolute Gasteiger partial charge is 0.264 e. The molecule has 0 aromatic heterocycles. The fraction of sp³-hybridized carbons (Fsp3) is 0.235. The van der Waals surface area contributed by atoms with Crippen molar-refractivity contribution in [2.24, 2.45) is 0 Å². The number of hydrogen-bond acceptors (Lipinski definition) is 3. The SMILES string of the molecule is COc1cc(C)ccc1OCC(=O)N(C)c1ccccc1. The first kappa shape index (κ1) is 14.9. The summed E-state index contributed by atoms with van der Waals surface area (Å²) in [7, 11) is 3.31. The van der Waals surface area contributed by atoms with Gasteiger partial charge in [0, 0.05) is 12.7 Å². The molecule has 2 aromatic rings. The zero-order valence-electron chi connectivity index (χ0n) is 12.5. The molecule has 2 aromatic carbocycles. The minimum Gasteiger partial charge on any atom is -0.493 e. The number of likely N-dealkylation sites (N-methyl/N-ethyl adjacent to an activating group) is 1. The van der Waals surface area contributed by atoms with Gasteiger partial charge in [0.05, 0.1) is 7.11 Å². The third kappa shape index (κ3) is 3.75. The third-order valence-electron chi connectivity index (χ3n) is 3.19. The Labute approximate surface area is 124 Å². The van der Waals surface area contributed by atoms with Crippen LogP contribution in [0.25, 0.3) is 0 Å². The first-order valence-corrected chi connectivity index (χ1v) is 6.71. The van der Waals surface area contributed by atoms with Gasteiger partial charge in [0.25, 0.3) is 5.91 Å². The van der Waals surface area contributed by atoms with E-state index in [-0.39, 0.29) is 12.5 Å². The molecule has 0 saturated heterocycles. The van der Waals surface area contributed by atoms with Crippen LogP contribution in [0.2, 0.25) is 0 Å². The zero-order valence-corrected chi connectivity index (χ0v) is 12.5. The van der Waals surface area contributed by atoms with Gasteiger partial charge in [-0.2, -0.15) is 0 Å². The molecule has 21 heavy (non-hydrogen) atoms. The molecule has 0 aliphatic carbocycles. The van der Waals surface area contributed by atoms with Crippen LogP contribution in [-0.4, -0.2) is 26.7 Å². The summed E-state index contributed by atoms with van der Waals surface area (Å²) in [6.45, 7) is 1.94. The highest BCUT2D eigenvalue weighted by Crippen LogP contribution is 2.27. The molecular formula is C17H19NO3. The highest BCUT2D eigenvalue weighted by molar-refractivity contribution is 5.93. The summed E-state index contributed by atoms with van der Waals surface area (Å²) in [5, 5.41) is 0. The molecule has 0 spiro atoms. The van der Waals surface area contributed by atoms with Crippen molar-refractivity contribution >= 4 is 11.6 Å². The van der Waals surface area contributed by atoms with E-state index < -0.39 is 0 Å². The fourth-order valence-corrected chi connectivity index (χ4v) is 1.93. The van der Waals surface area contributed by atoms with Crippen molar-refractivity contribution in [3.05, 3.63) is 54.1 Å². The predicted octanol–water partition coefficient (Wildman–Crippen LogP) is 3.05. The van der Waals surface area contributed by atoms with Crippen LogP contribution in [0, 0.1) is 6.92 Å². The second-order valence-corrected chi connectivity index (χ2v) is 4.73. The van der Waals surface area contributed by atoms with Crippen molar-refractivity contribution < 1.29 is 14.3 Å². The summed E-state index contributed by atoms with van der Waals surface area (Å²) in [4.78, 5) is 13.7. The average Bonchev–Trinajstić information content (AvgIpc) is 2.53. The lowest BCUT2D eigenvalue weighted by Gasteiger charge is -2.18. The quantitative estimate of drug-likeness (QED) is 0.847. The molecule has 110 valence electrons. The van der Waals surface area contributed by atoms with Crippen molar-refractivity contribution in [3.8, 4) is 11.5 Å². The highest BCUT2D eigenvalue weighted by Gasteiger charge is 2.13. The normalized spacial score (nSPS) is 10.0. The van der Waals surface area contributed by atoms with E-state index in [1.807, 2.05) is 55.5 Å². The maximum absolute atomic E-state index is 12.1. The minimum absolute atomic E-state index is 0.0369. The molecule has 0 aliphatic heterocycles. The summed E-state index contributed by atoms with van der Waals surface area (Å²) >= 11 is 0. The van der Waals surface area contributed by atoms with E-state index >= 15 is 0 Å². The van der Waals surface area contributed by atoms with E-state index in [4.69, 9.17) is 9.47 Å². The molecule has 0 atom stereocenters. The molecule has 0 radical (unpaired) electrons. The van der Waals surface area contributed by atoms with Crippen molar-refractivity contribution in [1.29, 1.82) is 0 Å². The number of methoxy groups -OCH3 is 1. The van der Waals surface area contributed by atoms with Gasteiger partial charge in [0.1, 0.15) is 0 Å². The number of ether oxygens (including phenoxy) is 2. The molecule has 0 heterocycles. The number of benzene rings is 2. The fourth-order valence-electron chi connectivity index (χ4n) is 1.93. The molecule has 0 aliphatic rings. The van der Waals surface area contributed by atoms with Crippen molar-refractivity contribution in [3.63, 3.8) is 0 Å². The molecular weight excluding hydrogens is 266 g/mol. The van der Waals surface area contributed by atoms with Gasteiger partial charge in [-0.1, -0.05) is 24.3 Å². The van der Waals surface area contributed by atoms with E-state index in [0.29, 0.717) is 11.5 Å². The summed E-state index contributed by atoms with van der Waals surface area (Å²) in [5.41, 5.74) is 1.91. The number of rotatable bonds is 5. The van der Waals surface area contributed by atoms with Gasteiger partial charge in [0.2, 0.25) is 0 Å². The van der Waals surface area contributed by atoms with E-state index in [1.54, 1.807) is 19.1 Å². The van der Waals surface area contributed by atoms with Crippen molar-refractivity contribution in [2.45, 2.75) is 6.92 Å². The number of anilines is 1. The second-order valence-electron chi connectivity index (χ2n) is 4.73. The Morgan fingerprint density at radius 2 is 1.81 bits per heavy atom. The Kier molecular flexibility index (Phi) is 4.82. The topological polar surface area (TPSA) is 38.8 Å². The largest absolute Gasteiger partial charge is 0.493 e. The molecule has 0 fully saturated rings. The van der Waals surface area contributed by atoms with Crippen LogP contribution >= 0.6 is 0 Å². The van der Waals surface area contributed by atoms with Gasteiger partial charge in [-0.05, 0) is 36.8 Å². The van der Waals surface area contributed by atoms with Crippen LogP contribution in [0.5, 0.6) is 11.5 Å². The monoisotopic (exact) mass is 285 g/mol. The summed E-state index contributed by atoms with van der Waals surface area (Å²) in [5.74, 6) is 1.08. The maximum Gasteiger partial charge on any atom is 0.264 e. The number of para-hydroxylation sites is 1. The van der Waals surface area contributed by atoms with E-state index in [0.717, 1.165) is 11.3 Å². The zero-order chi connectivity index (χ0) is 15.2. The van der Waals surface area contributed by atoms with Crippen LogP contribution in [-0.2, 0) is 4.79 Å². The van der Waals surface area contributed by atoms with Crippen molar-refractivity contribution in [1.82, 2.24) is 0 Å². The number of carbonyl (C=O) groups is 1. The molecule has 1 amide bonds. The standard InChI is InChI=1S/C17H19NO3/c1-13-9-10-15(16(11-13)20-3)21-12-17(19)18(2)14-7-5-4-6-8-14/h4-11H,12H2,1-3H3. The number of nitrogens with zero attached hydrogens (tertiary/aromatic N) is 1. The first-order chi connectivity index (χ1) is 10.1. The molecule has 4 heteroatoms. The van der Waals surface area contributed by atoms with Crippen molar-refractivity contribution in [2.75, 3.05) is 25.7 Å². The lowest BCUT2D eigenvalue weighted by Crippen LogP contribution is -2.31. The molecule has 0 bridgehead atoms. The molecule has 0 saturated carbocycles. The summed E-state index contributed by atoms with van der Waals surface area (Å²) in [6.07, 6.45) is 0. The molecule has 4 nitrogen and oxygen atoms in total. The van der Waals surface area contributed by atoms with Crippen LogP contribution < -0.4 is 14.4 Å². The Hall–Kier alpha value is -2.49. The van der Waals surface area contributed by atoms with Crippen LogP contribution in [0.3, 0.4) is 0 Å². The lowest BCUT2D eigenvalue weighted by molar-refractivity contribution is -0.120. The summed E-state index contributed by atoms with van der Waals surface area (Å²) < 4.78 is 10.8. The lowest BCUT2D eigenvalue weighted by atomic mass is 10.2. The average molecular weight is 285 g/mol. The molecule has 2 rings (SSSR count). The minimum atomic E-state index is -0.121. The van der Waals surface area contributed by atoms with Crippen LogP contribution in [0.1, 0.15) is 5.56 Å². The van der Waals surface area contributed by atoms with Gasteiger partial charge >= 0.3 is 0 Å². The second kappa shape index (κ2) is 6.79. The van der Waals surface area contributed by atoms with Gasteiger partial charge < -0.3 is 14.4 Å². The van der Waals surface area contributed by atoms with Crippen LogP contribution in [0.15, 0.2) is 48.5 Å². The Morgan fingerprint density at radius 3 is 2.48 bits per heavy atom. The maximum atomic E-state index is 12.1. The number of amides is 1. The van der Waals surface area contributed by atoms with E-state index in [9.17, 15) is 4.79 Å². The van der Waals surface area contributed by atoms with Crippen LogP contribution in [0.4, 0.5) is 5.69 Å². The van der Waals surface area contributed by atoms with E-state index in [1.165, 1.54) is 0 Å². The number of aryl methyl sites for hydroxylation is 1. The predicted molar refractivity (Wildman–Crippen MR) is 83.1 cm³/mol. The van der Waals surface area contributed by atoms with Gasteiger partial charge in [-0.15, -0.1) is 0 Å². The third-order valence-corrected chi connectivity index (χ3v) is 3.19. The van der Waals surface area contributed by atoms with E-state index in [2.05, 4.69) is 0 Å². The van der Waals surface area contributed by atoms with Gasteiger partial charge in [-0.3, -0.25) is 4.79 Å². The Bertz CT molecular complexity index is 611. The van der Waals surface area contributed by atoms with Gasteiger partial charge in [0.15, 0.2) is 18.1 Å². The Morgan fingerprint density at radius 1 is 1.10 bits per heavy atom. The molecule has 0 N–H and O–H groups in total. The first-order valence-electron chi connectivity index (χ1n) is 6.71. The molecule has 0 unspecified atom stereocenters. The summed E-state index contributed by atoms with van der Waals surface area (Å²) in [6, 6.07) is 15.1. The number of carbonyl (C=O) groups excluding carboxylic acids is 1. The number of hydrogen-bond donors (Lipinski definition) is 0. The van der Waals surface area contributed by atoms with Gasteiger partial charge in [-0.25, -0.2) is 0 Å². The Balaban J connectivity index is 2.01. The highest BCUT2D eigenvalue weighted by atomic mass is 16.5.